The van der Waals surface area contributed by atoms with Gasteiger partial charge >= 0.3 is 0 Å². The van der Waals surface area contributed by atoms with E-state index in [1.165, 1.54) is 16.9 Å². The number of nitrogens with zero attached hydrogens (tertiary/aromatic N) is 1. The van der Waals surface area contributed by atoms with Crippen LogP contribution in [0.25, 0.3) is 0 Å². The third kappa shape index (κ3) is 7.18. The Labute approximate surface area is 182 Å². The van der Waals surface area contributed by atoms with Gasteiger partial charge in [-0.1, -0.05) is 30.3 Å². The van der Waals surface area contributed by atoms with Crippen LogP contribution >= 0.6 is 11.3 Å². The number of likely N-dealkylation sites (tertiary alicyclic amines) is 1. The number of amides is 1. The van der Waals surface area contributed by atoms with E-state index in [-0.39, 0.29) is 49.2 Å². The van der Waals surface area contributed by atoms with Gasteiger partial charge in [0, 0.05) is 56.2 Å². The number of carbonyl (C=O) groups excluding carboxylic acids is 3. The molecule has 1 N–H and O–H groups in total. The van der Waals surface area contributed by atoms with Crippen LogP contribution in [-0.4, -0.2) is 41.5 Å². The minimum absolute atomic E-state index is 0.00756. The van der Waals surface area contributed by atoms with Crippen LogP contribution in [0.5, 0.6) is 0 Å². The Morgan fingerprint density at radius 2 is 1.67 bits per heavy atom. The minimum atomic E-state index is -0.0648. The molecular formula is C24H30N2O3S. The van der Waals surface area contributed by atoms with Gasteiger partial charge in [-0.25, -0.2) is 0 Å². The van der Waals surface area contributed by atoms with Crippen LogP contribution in [0.4, 0.5) is 0 Å². The Morgan fingerprint density at radius 1 is 0.967 bits per heavy atom. The zero-order chi connectivity index (χ0) is 21.3. The molecule has 1 amide bonds. The average molecular weight is 427 g/mol. The number of ketones is 2. The third-order valence-corrected chi connectivity index (χ3v) is 6.52. The zero-order valence-electron chi connectivity index (χ0n) is 17.6. The third-order valence-electron chi connectivity index (χ3n) is 5.48. The highest BCUT2D eigenvalue weighted by molar-refractivity contribution is 7.14. The predicted molar refractivity (Wildman–Crippen MR) is 120 cm³/mol. The van der Waals surface area contributed by atoms with Gasteiger partial charge in [-0.2, -0.15) is 0 Å². The molecule has 1 aliphatic rings. The summed E-state index contributed by atoms with van der Waals surface area (Å²) in [6.45, 7) is 4.82. The summed E-state index contributed by atoms with van der Waals surface area (Å²) in [5.74, 6) is -0.0808. The molecule has 5 nitrogen and oxygen atoms in total. The van der Waals surface area contributed by atoms with Gasteiger partial charge in [-0.15, -0.1) is 11.3 Å². The smallest absolute Gasteiger partial charge is 0.220 e. The van der Waals surface area contributed by atoms with Crippen molar-refractivity contribution in [1.29, 1.82) is 0 Å². The van der Waals surface area contributed by atoms with Crippen LogP contribution in [0.2, 0.25) is 0 Å². The van der Waals surface area contributed by atoms with Gasteiger partial charge in [-0.05, 0) is 37.5 Å². The average Bonchev–Trinajstić information content (AvgIpc) is 3.19. The maximum Gasteiger partial charge on any atom is 0.220 e. The molecule has 1 aromatic heterocycles. The number of carbonyl (C=O) groups is 3. The molecule has 2 aromatic rings. The van der Waals surface area contributed by atoms with Gasteiger partial charge in [0.1, 0.15) is 5.78 Å². The topological polar surface area (TPSA) is 66.5 Å². The molecule has 3 rings (SSSR count). The normalized spacial score (nSPS) is 15.1. The van der Waals surface area contributed by atoms with Crippen LogP contribution in [-0.2, 0) is 16.1 Å². The first-order valence-electron chi connectivity index (χ1n) is 10.7. The number of hydrogen-bond acceptors (Lipinski definition) is 5. The van der Waals surface area contributed by atoms with Gasteiger partial charge in [0.2, 0.25) is 5.91 Å². The van der Waals surface area contributed by atoms with E-state index in [0.717, 1.165) is 37.4 Å². The van der Waals surface area contributed by atoms with Crippen LogP contribution in [0.1, 0.15) is 58.6 Å². The van der Waals surface area contributed by atoms with Gasteiger partial charge in [0.25, 0.3) is 0 Å². The molecule has 0 atom stereocenters. The molecular weight excluding hydrogens is 396 g/mol. The fraction of sp³-hybridized carbons (Fsp3) is 0.458. The molecule has 0 bridgehead atoms. The molecule has 2 heterocycles. The molecule has 0 radical (unpaired) electrons. The highest BCUT2D eigenvalue weighted by Crippen LogP contribution is 2.18. The van der Waals surface area contributed by atoms with E-state index in [2.05, 4.69) is 34.5 Å². The summed E-state index contributed by atoms with van der Waals surface area (Å²) in [5, 5.41) is 3.07. The SMILES string of the molecule is Cc1ccc(C(=O)CCC(=O)CCC(=O)NC2CCN(Cc3ccccc3)CC2)s1. The van der Waals surface area contributed by atoms with Crippen LogP contribution < -0.4 is 5.32 Å². The molecule has 0 aliphatic carbocycles. The molecule has 0 unspecified atom stereocenters. The van der Waals surface area contributed by atoms with Crippen LogP contribution in [0.15, 0.2) is 42.5 Å². The van der Waals surface area contributed by atoms with E-state index >= 15 is 0 Å². The Bertz CT molecular complexity index is 854. The second-order valence-corrected chi connectivity index (χ2v) is 9.26. The highest BCUT2D eigenvalue weighted by Gasteiger charge is 2.21. The van der Waals surface area contributed by atoms with Crippen molar-refractivity contribution in [3.63, 3.8) is 0 Å². The van der Waals surface area contributed by atoms with Gasteiger partial charge in [0.15, 0.2) is 5.78 Å². The van der Waals surface area contributed by atoms with Crippen LogP contribution in [0, 0.1) is 6.92 Å². The van der Waals surface area contributed by atoms with Crippen LogP contribution in [0.3, 0.4) is 0 Å². The Hall–Kier alpha value is -2.31. The van der Waals surface area contributed by atoms with E-state index in [0.29, 0.717) is 4.88 Å². The molecule has 30 heavy (non-hydrogen) atoms. The lowest BCUT2D eigenvalue weighted by Gasteiger charge is -2.32. The fourth-order valence-corrected chi connectivity index (χ4v) is 4.55. The Balaban J connectivity index is 1.29. The fourth-order valence-electron chi connectivity index (χ4n) is 3.72. The second-order valence-electron chi connectivity index (χ2n) is 7.98. The lowest BCUT2D eigenvalue weighted by molar-refractivity contribution is -0.126. The molecule has 1 aliphatic heterocycles. The van der Waals surface area contributed by atoms with Crippen molar-refractivity contribution in [2.75, 3.05) is 13.1 Å². The molecule has 160 valence electrons. The Morgan fingerprint density at radius 3 is 2.33 bits per heavy atom. The van der Waals surface area contributed by atoms with Crippen molar-refractivity contribution >= 4 is 28.8 Å². The van der Waals surface area contributed by atoms with Gasteiger partial charge in [0.05, 0.1) is 4.88 Å². The number of nitrogens with one attached hydrogen (secondary N) is 1. The molecule has 0 spiro atoms. The molecule has 6 heteroatoms. The van der Waals surface area contributed by atoms with E-state index in [1.807, 2.05) is 25.1 Å². The molecule has 1 saturated heterocycles. The summed E-state index contributed by atoms with van der Waals surface area (Å²) in [5.41, 5.74) is 1.31. The summed E-state index contributed by atoms with van der Waals surface area (Å²) in [4.78, 5) is 40.6. The molecule has 0 saturated carbocycles. The van der Waals surface area contributed by atoms with E-state index in [4.69, 9.17) is 0 Å². The molecule has 1 aromatic carbocycles. The monoisotopic (exact) mass is 426 g/mol. The number of Topliss-reactive ketones (excluding diaryl/α,β-unsaturated/α-hetero) is 2. The first-order chi connectivity index (χ1) is 14.5. The van der Waals surface area contributed by atoms with Gasteiger partial charge < -0.3 is 5.32 Å². The maximum atomic E-state index is 12.2. The lowest BCUT2D eigenvalue weighted by atomic mass is 10.0. The molecule has 1 fully saturated rings. The quantitative estimate of drug-likeness (QED) is 0.580. The van der Waals surface area contributed by atoms with E-state index in [1.54, 1.807) is 0 Å². The summed E-state index contributed by atoms with van der Waals surface area (Å²) in [7, 11) is 0. The summed E-state index contributed by atoms with van der Waals surface area (Å²) >= 11 is 1.46. The van der Waals surface area contributed by atoms with E-state index < -0.39 is 0 Å². The number of hydrogen-bond donors (Lipinski definition) is 1. The maximum absolute atomic E-state index is 12.2. The first-order valence-corrected chi connectivity index (χ1v) is 11.5. The van der Waals surface area contributed by atoms with Crippen molar-refractivity contribution in [1.82, 2.24) is 10.2 Å². The van der Waals surface area contributed by atoms with Gasteiger partial charge in [-0.3, -0.25) is 19.3 Å². The van der Waals surface area contributed by atoms with Crippen molar-refractivity contribution in [3.05, 3.63) is 57.8 Å². The van der Waals surface area contributed by atoms with Crippen molar-refractivity contribution in [2.45, 2.75) is 58.0 Å². The standard InChI is InChI=1S/C24H30N2O3S/c1-18-7-11-23(30-18)22(28)10-8-21(27)9-12-24(29)25-20-13-15-26(16-14-20)17-19-5-3-2-4-6-19/h2-7,11,20H,8-10,12-17H2,1H3,(H,25,29). The highest BCUT2D eigenvalue weighted by atomic mass is 32.1. The Kier molecular flexibility index (Phi) is 8.34. The number of benzene rings is 1. The zero-order valence-corrected chi connectivity index (χ0v) is 18.4. The number of rotatable bonds is 10. The van der Waals surface area contributed by atoms with Crippen molar-refractivity contribution < 1.29 is 14.4 Å². The number of thiophene rings is 1. The summed E-state index contributed by atoms with van der Waals surface area (Å²) in [6, 6.07) is 14.3. The number of piperidine rings is 1. The number of aryl methyl sites for hydroxylation is 1. The van der Waals surface area contributed by atoms with Crippen molar-refractivity contribution in [2.24, 2.45) is 0 Å². The lowest BCUT2D eigenvalue weighted by Crippen LogP contribution is -2.44. The largest absolute Gasteiger partial charge is 0.353 e. The van der Waals surface area contributed by atoms with E-state index in [9.17, 15) is 14.4 Å². The minimum Gasteiger partial charge on any atom is -0.353 e. The first kappa shape index (κ1) is 22.4. The second kappa shape index (κ2) is 11.2. The predicted octanol–water partition coefficient (Wildman–Crippen LogP) is 4.15. The summed E-state index contributed by atoms with van der Waals surface area (Å²) < 4.78 is 0. The van der Waals surface area contributed by atoms with Crippen molar-refractivity contribution in [3.8, 4) is 0 Å². The summed E-state index contributed by atoms with van der Waals surface area (Å²) in [6.07, 6.45) is 2.70.